The summed E-state index contributed by atoms with van der Waals surface area (Å²) in [4.78, 5) is 46.0. The van der Waals surface area contributed by atoms with Crippen LogP contribution in [0.1, 0.15) is 16.7 Å². The largest absolute Gasteiger partial charge is 0.481 e. The van der Waals surface area contributed by atoms with Crippen LogP contribution in [0.25, 0.3) is 0 Å². The summed E-state index contributed by atoms with van der Waals surface area (Å²) in [5.41, 5.74) is 2.05. The highest BCUT2D eigenvalue weighted by atomic mass is 19.1. The third-order valence-corrected chi connectivity index (χ3v) is 5.48. The predicted octanol–water partition coefficient (Wildman–Crippen LogP) is 4.14. The van der Waals surface area contributed by atoms with Crippen LogP contribution < -0.4 is 0 Å². The molecule has 0 radical (unpaired) electrons. The first-order chi connectivity index (χ1) is 18.6. The highest BCUT2D eigenvalue weighted by molar-refractivity contribution is 5.95. The van der Waals surface area contributed by atoms with Crippen molar-refractivity contribution in [2.24, 2.45) is 11.8 Å². The Labute approximate surface area is 224 Å². The summed E-state index contributed by atoms with van der Waals surface area (Å²) in [7, 11) is 2.34. The molecule has 2 atom stereocenters. The Morgan fingerprint density at radius 3 is 1.51 bits per heavy atom. The third kappa shape index (κ3) is 10.4. The Kier molecular flexibility index (Phi) is 12.3. The van der Waals surface area contributed by atoms with Gasteiger partial charge < -0.3 is 19.3 Å². The number of carbonyl (C=O) groups excluding carboxylic acids is 3. The molecular formula is C29H28F2O8. The summed E-state index contributed by atoms with van der Waals surface area (Å²) in [6.45, 7) is 0.0799. The van der Waals surface area contributed by atoms with Crippen molar-refractivity contribution in [2.75, 3.05) is 14.2 Å². The van der Waals surface area contributed by atoms with Gasteiger partial charge in [-0.1, -0.05) is 54.6 Å². The second-order valence-corrected chi connectivity index (χ2v) is 8.24. The van der Waals surface area contributed by atoms with Crippen molar-refractivity contribution in [3.05, 3.63) is 107 Å². The van der Waals surface area contributed by atoms with E-state index in [1.807, 2.05) is 30.3 Å². The van der Waals surface area contributed by atoms with Crippen LogP contribution in [0.5, 0.6) is 0 Å². The number of carbonyl (C=O) groups is 4. The van der Waals surface area contributed by atoms with Gasteiger partial charge in [0.05, 0.1) is 14.2 Å². The Hall–Kier alpha value is -4.60. The topological polar surface area (TPSA) is 116 Å². The second kappa shape index (κ2) is 15.6. The van der Waals surface area contributed by atoms with Gasteiger partial charge in [-0.3, -0.25) is 19.2 Å². The number of halogens is 2. The van der Waals surface area contributed by atoms with E-state index in [9.17, 15) is 28.0 Å². The minimum atomic E-state index is -1.25. The van der Waals surface area contributed by atoms with Crippen molar-refractivity contribution in [3.8, 4) is 0 Å². The SMILES string of the molecule is COC(=O)C(Cc1ccc(F)cc1)C(=O)O.COC(=O)C(Cc1ccc(F)cc1)C(=O)OCc1ccccc1. The standard InChI is InChI=1S/C18H17FO4.C11H11FO4/c1-22-17(20)16(11-13-7-9-15(19)10-8-13)18(21)23-12-14-5-3-2-4-6-14;1-16-11(15)9(10(13)14)6-7-2-4-8(12)5-3-7/h2-10,16H,11-12H2,1H3;2-5,9H,6H2,1H3,(H,13,14). The van der Waals surface area contributed by atoms with Crippen LogP contribution in [0.15, 0.2) is 78.9 Å². The van der Waals surface area contributed by atoms with E-state index < -0.39 is 41.5 Å². The first-order valence-corrected chi connectivity index (χ1v) is 11.7. The molecule has 3 rings (SSSR count). The average Bonchev–Trinajstić information content (AvgIpc) is 2.95. The van der Waals surface area contributed by atoms with E-state index in [0.717, 1.165) is 12.7 Å². The Morgan fingerprint density at radius 1 is 0.641 bits per heavy atom. The van der Waals surface area contributed by atoms with E-state index in [2.05, 4.69) is 9.47 Å². The number of methoxy groups -OCH3 is 2. The molecule has 0 fully saturated rings. The summed E-state index contributed by atoms with van der Waals surface area (Å²) in [6.07, 6.45) is 0.0862. The minimum Gasteiger partial charge on any atom is -0.481 e. The van der Waals surface area contributed by atoms with E-state index in [1.54, 1.807) is 0 Å². The summed E-state index contributed by atoms with van der Waals surface area (Å²) >= 11 is 0. The number of hydrogen-bond acceptors (Lipinski definition) is 7. The maximum absolute atomic E-state index is 12.9. The predicted molar refractivity (Wildman–Crippen MR) is 135 cm³/mol. The van der Waals surface area contributed by atoms with Gasteiger partial charge in [0.25, 0.3) is 0 Å². The fraction of sp³-hybridized carbons (Fsp3) is 0.241. The number of benzene rings is 3. The summed E-state index contributed by atoms with van der Waals surface area (Å²) < 4.78 is 39.8. The fourth-order valence-electron chi connectivity index (χ4n) is 3.36. The number of rotatable bonds is 10. The van der Waals surface area contributed by atoms with E-state index >= 15 is 0 Å². The lowest BCUT2D eigenvalue weighted by atomic mass is 9.99. The molecule has 2 unspecified atom stereocenters. The van der Waals surface area contributed by atoms with Crippen molar-refractivity contribution in [1.29, 1.82) is 0 Å². The first kappa shape index (κ1) is 30.6. The quantitative estimate of drug-likeness (QED) is 0.231. The van der Waals surface area contributed by atoms with Crippen LogP contribution in [-0.4, -0.2) is 43.2 Å². The average molecular weight is 543 g/mol. The van der Waals surface area contributed by atoms with Gasteiger partial charge in [0.1, 0.15) is 18.2 Å². The van der Waals surface area contributed by atoms with Crippen LogP contribution in [-0.2, 0) is 52.8 Å². The van der Waals surface area contributed by atoms with Crippen molar-refractivity contribution in [3.63, 3.8) is 0 Å². The van der Waals surface area contributed by atoms with Gasteiger partial charge in [0.15, 0.2) is 11.8 Å². The lowest BCUT2D eigenvalue weighted by molar-refractivity contribution is -0.161. The maximum atomic E-state index is 12.9. The lowest BCUT2D eigenvalue weighted by Crippen LogP contribution is -2.29. The smallest absolute Gasteiger partial charge is 0.321 e. The Balaban J connectivity index is 0.000000293. The van der Waals surface area contributed by atoms with Crippen LogP contribution in [0, 0.1) is 23.5 Å². The number of esters is 3. The van der Waals surface area contributed by atoms with E-state index in [0.29, 0.717) is 11.1 Å². The maximum Gasteiger partial charge on any atom is 0.321 e. The van der Waals surface area contributed by atoms with Gasteiger partial charge in [-0.05, 0) is 53.8 Å². The van der Waals surface area contributed by atoms with Gasteiger partial charge in [0.2, 0.25) is 0 Å². The molecule has 3 aromatic carbocycles. The first-order valence-electron chi connectivity index (χ1n) is 11.7. The molecule has 1 N–H and O–H groups in total. The Bertz CT molecular complexity index is 1230. The van der Waals surface area contributed by atoms with Crippen LogP contribution in [0.3, 0.4) is 0 Å². The van der Waals surface area contributed by atoms with Crippen molar-refractivity contribution in [2.45, 2.75) is 19.4 Å². The molecule has 0 aromatic heterocycles. The molecule has 0 aliphatic carbocycles. The van der Waals surface area contributed by atoms with Crippen LogP contribution >= 0.6 is 0 Å². The molecule has 39 heavy (non-hydrogen) atoms. The van der Waals surface area contributed by atoms with Gasteiger partial charge in [0, 0.05) is 0 Å². The molecule has 8 nitrogen and oxygen atoms in total. The minimum absolute atomic E-state index is 0.0116. The molecule has 0 aliphatic heterocycles. The summed E-state index contributed by atoms with van der Waals surface area (Å²) in [5.74, 6) is -6.52. The van der Waals surface area contributed by atoms with Gasteiger partial charge in [-0.2, -0.15) is 0 Å². The van der Waals surface area contributed by atoms with Gasteiger partial charge in [-0.15, -0.1) is 0 Å². The molecule has 3 aromatic rings. The molecule has 0 saturated heterocycles. The number of aliphatic carboxylic acids is 1. The molecule has 0 heterocycles. The number of carboxylic acid groups (broad SMARTS) is 1. The second-order valence-electron chi connectivity index (χ2n) is 8.24. The number of ether oxygens (including phenoxy) is 3. The molecule has 10 heteroatoms. The highest BCUT2D eigenvalue weighted by Crippen LogP contribution is 2.15. The summed E-state index contributed by atoms with van der Waals surface area (Å²) in [6, 6.07) is 20.1. The van der Waals surface area contributed by atoms with Crippen molar-refractivity contribution < 1.29 is 47.3 Å². The molecule has 206 valence electrons. The molecule has 0 spiro atoms. The fourth-order valence-corrected chi connectivity index (χ4v) is 3.36. The lowest BCUT2D eigenvalue weighted by Gasteiger charge is -2.14. The van der Waals surface area contributed by atoms with E-state index in [-0.39, 0.29) is 25.3 Å². The van der Waals surface area contributed by atoms with Crippen LogP contribution in [0.4, 0.5) is 8.78 Å². The zero-order chi connectivity index (χ0) is 28.8. The zero-order valence-corrected chi connectivity index (χ0v) is 21.3. The van der Waals surface area contributed by atoms with Crippen molar-refractivity contribution in [1.82, 2.24) is 0 Å². The monoisotopic (exact) mass is 542 g/mol. The van der Waals surface area contributed by atoms with Crippen molar-refractivity contribution >= 4 is 23.9 Å². The van der Waals surface area contributed by atoms with Gasteiger partial charge >= 0.3 is 23.9 Å². The molecule has 0 amide bonds. The molecule has 0 aliphatic rings. The highest BCUT2D eigenvalue weighted by Gasteiger charge is 2.30. The molecular weight excluding hydrogens is 514 g/mol. The third-order valence-electron chi connectivity index (χ3n) is 5.48. The zero-order valence-electron chi connectivity index (χ0n) is 21.3. The normalized spacial score (nSPS) is 11.7. The molecule has 0 bridgehead atoms. The molecule has 0 saturated carbocycles. The van der Waals surface area contributed by atoms with E-state index in [4.69, 9.17) is 9.84 Å². The number of hydrogen-bond donors (Lipinski definition) is 1. The summed E-state index contributed by atoms with van der Waals surface area (Å²) in [5, 5.41) is 8.82. The van der Waals surface area contributed by atoms with Crippen LogP contribution in [0.2, 0.25) is 0 Å². The van der Waals surface area contributed by atoms with Gasteiger partial charge in [-0.25, -0.2) is 8.78 Å². The van der Waals surface area contributed by atoms with E-state index in [1.165, 1.54) is 55.6 Å². The Morgan fingerprint density at radius 2 is 1.08 bits per heavy atom. The number of carboxylic acids is 1.